The number of carbonyl (C=O) groups excluding carboxylic acids is 1. The van der Waals surface area contributed by atoms with Crippen molar-refractivity contribution in [3.05, 3.63) is 41.0 Å². The van der Waals surface area contributed by atoms with E-state index in [4.69, 9.17) is 14.2 Å². The van der Waals surface area contributed by atoms with E-state index in [-0.39, 0.29) is 5.97 Å². The van der Waals surface area contributed by atoms with Crippen LogP contribution in [0, 0.1) is 6.92 Å². The van der Waals surface area contributed by atoms with Crippen LogP contribution in [0.4, 0.5) is 5.82 Å². The van der Waals surface area contributed by atoms with E-state index in [1.807, 2.05) is 43.1 Å². The molecule has 0 radical (unpaired) electrons. The number of esters is 1. The molecule has 3 rings (SSSR count). The van der Waals surface area contributed by atoms with Gasteiger partial charge in [0, 0.05) is 7.05 Å². The number of nitrogens with zero attached hydrogens (tertiary/aromatic N) is 3. The van der Waals surface area contributed by atoms with Crippen LogP contribution in [0.25, 0.3) is 10.2 Å². The van der Waals surface area contributed by atoms with E-state index >= 15 is 0 Å². The predicted octanol–water partition coefficient (Wildman–Crippen LogP) is 3.70. The van der Waals surface area contributed by atoms with Crippen molar-refractivity contribution in [3.8, 4) is 11.5 Å². The van der Waals surface area contributed by atoms with Crippen molar-refractivity contribution >= 4 is 33.3 Å². The average molecular weight is 401 g/mol. The molecule has 148 valence electrons. The zero-order chi connectivity index (χ0) is 20.1. The molecule has 3 aromatic rings. The number of hydrogen-bond acceptors (Lipinski definition) is 8. The Morgan fingerprint density at radius 3 is 2.57 bits per heavy atom. The molecule has 0 N–H and O–H groups in total. The lowest BCUT2D eigenvalue weighted by Crippen LogP contribution is -2.25. The van der Waals surface area contributed by atoms with Gasteiger partial charge in [0.15, 0.2) is 0 Å². The Bertz CT molecular complexity index is 956. The smallest absolute Gasteiger partial charge is 0.348 e. The largest absolute Gasteiger partial charge is 0.497 e. The summed E-state index contributed by atoms with van der Waals surface area (Å²) in [5, 5.41) is 0.877. The summed E-state index contributed by atoms with van der Waals surface area (Å²) in [5.41, 5.74) is 0.844. The predicted molar refractivity (Wildman–Crippen MR) is 110 cm³/mol. The van der Waals surface area contributed by atoms with Gasteiger partial charge in [-0.3, -0.25) is 0 Å². The number of methoxy groups -OCH3 is 1. The van der Waals surface area contributed by atoms with E-state index in [0.29, 0.717) is 24.6 Å². The minimum Gasteiger partial charge on any atom is -0.497 e. The molecule has 0 saturated heterocycles. The van der Waals surface area contributed by atoms with Crippen molar-refractivity contribution in [1.29, 1.82) is 0 Å². The number of likely N-dealkylation sites (N-methyl/N-ethyl adjacent to an activating group) is 1. The van der Waals surface area contributed by atoms with Gasteiger partial charge < -0.3 is 19.1 Å². The van der Waals surface area contributed by atoms with Crippen LogP contribution in [-0.2, 0) is 4.74 Å². The Hall–Kier alpha value is -2.87. The lowest BCUT2D eigenvalue weighted by Gasteiger charge is -2.19. The standard InChI is InChI=1S/C20H23N3O4S/c1-5-26-20(24)17-13(2)16-18(21-12-22-19(16)28-17)23(3)10-11-27-15-8-6-14(25-4)7-9-15/h6-9,12H,5,10-11H2,1-4H3. The van der Waals surface area contributed by atoms with Crippen molar-refractivity contribution in [1.82, 2.24) is 9.97 Å². The van der Waals surface area contributed by atoms with E-state index < -0.39 is 0 Å². The third-order valence-corrected chi connectivity index (χ3v) is 5.46. The Kier molecular flexibility index (Phi) is 6.30. The zero-order valence-electron chi connectivity index (χ0n) is 16.4. The van der Waals surface area contributed by atoms with Crippen LogP contribution in [0.2, 0.25) is 0 Å². The maximum Gasteiger partial charge on any atom is 0.348 e. The first-order valence-electron chi connectivity index (χ1n) is 8.94. The summed E-state index contributed by atoms with van der Waals surface area (Å²) in [6, 6.07) is 7.46. The monoisotopic (exact) mass is 401 g/mol. The lowest BCUT2D eigenvalue weighted by atomic mass is 10.2. The molecule has 0 aliphatic rings. The number of rotatable bonds is 8. The number of benzene rings is 1. The van der Waals surface area contributed by atoms with Crippen molar-refractivity contribution in [2.75, 3.05) is 38.8 Å². The Morgan fingerprint density at radius 2 is 1.89 bits per heavy atom. The molecule has 0 unspecified atom stereocenters. The summed E-state index contributed by atoms with van der Waals surface area (Å²) in [7, 11) is 3.58. The topological polar surface area (TPSA) is 73.8 Å². The van der Waals surface area contributed by atoms with Crippen LogP contribution in [-0.4, -0.2) is 49.9 Å². The van der Waals surface area contributed by atoms with Gasteiger partial charge >= 0.3 is 5.97 Å². The number of thiophene rings is 1. The van der Waals surface area contributed by atoms with Gasteiger partial charge in [-0.2, -0.15) is 0 Å². The Morgan fingerprint density at radius 1 is 1.18 bits per heavy atom. The van der Waals surface area contributed by atoms with Crippen LogP contribution in [0.5, 0.6) is 11.5 Å². The average Bonchev–Trinajstić information content (AvgIpc) is 3.05. The van der Waals surface area contributed by atoms with Gasteiger partial charge in [-0.15, -0.1) is 11.3 Å². The second-order valence-corrected chi connectivity index (χ2v) is 7.10. The number of hydrogen-bond donors (Lipinski definition) is 0. The number of carbonyl (C=O) groups is 1. The molecule has 8 heteroatoms. The third kappa shape index (κ3) is 4.17. The van der Waals surface area contributed by atoms with Gasteiger partial charge in [0.05, 0.1) is 25.6 Å². The van der Waals surface area contributed by atoms with Crippen molar-refractivity contribution < 1.29 is 19.0 Å². The van der Waals surface area contributed by atoms with Crippen LogP contribution < -0.4 is 14.4 Å². The number of fused-ring (bicyclic) bond motifs is 1. The van der Waals surface area contributed by atoms with Crippen molar-refractivity contribution in [2.45, 2.75) is 13.8 Å². The van der Waals surface area contributed by atoms with E-state index in [1.165, 1.54) is 17.7 Å². The Labute approximate surface area is 167 Å². The van der Waals surface area contributed by atoms with E-state index in [2.05, 4.69) is 9.97 Å². The number of anilines is 1. The molecule has 2 heterocycles. The fourth-order valence-electron chi connectivity index (χ4n) is 2.81. The number of aryl methyl sites for hydroxylation is 1. The molecule has 0 amide bonds. The third-order valence-electron chi connectivity index (χ3n) is 4.28. The molecule has 0 aliphatic heterocycles. The van der Waals surface area contributed by atoms with Crippen LogP contribution in [0.1, 0.15) is 22.2 Å². The molecule has 1 aromatic carbocycles. The summed E-state index contributed by atoms with van der Waals surface area (Å²) >= 11 is 1.33. The van der Waals surface area contributed by atoms with E-state index in [1.54, 1.807) is 14.0 Å². The minimum absolute atomic E-state index is 0.320. The summed E-state index contributed by atoms with van der Waals surface area (Å²) in [4.78, 5) is 24.3. The minimum atomic E-state index is -0.320. The highest BCUT2D eigenvalue weighted by Gasteiger charge is 2.21. The van der Waals surface area contributed by atoms with Gasteiger partial charge in [-0.1, -0.05) is 0 Å². The Balaban J connectivity index is 1.73. The highest BCUT2D eigenvalue weighted by atomic mass is 32.1. The highest BCUT2D eigenvalue weighted by molar-refractivity contribution is 7.20. The van der Waals surface area contributed by atoms with Crippen LogP contribution >= 0.6 is 11.3 Å². The molecule has 28 heavy (non-hydrogen) atoms. The maximum absolute atomic E-state index is 12.2. The second kappa shape index (κ2) is 8.88. The molecule has 0 saturated carbocycles. The van der Waals surface area contributed by atoms with Gasteiger partial charge in [0.25, 0.3) is 0 Å². The van der Waals surface area contributed by atoms with E-state index in [9.17, 15) is 4.79 Å². The number of aromatic nitrogens is 2. The molecular weight excluding hydrogens is 378 g/mol. The van der Waals surface area contributed by atoms with Gasteiger partial charge in [0.1, 0.15) is 40.0 Å². The lowest BCUT2D eigenvalue weighted by molar-refractivity contribution is 0.0531. The first-order chi connectivity index (χ1) is 13.5. The maximum atomic E-state index is 12.2. The highest BCUT2D eigenvalue weighted by Crippen LogP contribution is 2.34. The SMILES string of the molecule is CCOC(=O)c1sc2ncnc(N(C)CCOc3ccc(OC)cc3)c2c1C. The summed E-state index contributed by atoms with van der Waals surface area (Å²) in [6.45, 7) is 5.15. The van der Waals surface area contributed by atoms with Gasteiger partial charge in [-0.05, 0) is 43.7 Å². The quantitative estimate of drug-likeness (QED) is 0.533. The van der Waals surface area contributed by atoms with E-state index in [0.717, 1.165) is 33.1 Å². The number of ether oxygens (including phenoxy) is 3. The molecule has 0 fully saturated rings. The van der Waals surface area contributed by atoms with Crippen molar-refractivity contribution in [3.63, 3.8) is 0 Å². The normalized spacial score (nSPS) is 10.7. The van der Waals surface area contributed by atoms with Crippen LogP contribution in [0.3, 0.4) is 0 Å². The van der Waals surface area contributed by atoms with Gasteiger partial charge in [-0.25, -0.2) is 14.8 Å². The summed E-state index contributed by atoms with van der Waals surface area (Å²) < 4.78 is 16.1. The molecule has 0 aliphatic carbocycles. The zero-order valence-corrected chi connectivity index (χ0v) is 17.2. The van der Waals surface area contributed by atoms with Crippen molar-refractivity contribution in [2.24, 2.45) is 0 Å². The summed E-state index contributed by atoms with van der Waals surface area (Å²) in [5.74, 6) is 2.02. The van der Waals surface area contributed by atoms with Crippen LogP contribution in [0.15, 0.2) is 30.6 Å². The first-order valence-corrected chi connectivity index (χ1v) is 9.76. The molecule has 0 bridgehead atoms. The molecule has 2 aromatic heterocycles. The summed E-state index contributed by atoms with van der Waals surface area (Å²) in [6.07, 6.45) is 1.52. The first kappa shape index (κ1) is 19.9. The fraction of sp³-hybridized carbons (Fsp3) is 0.350. The molecular formula is C20H23N3O4S. The fourth-order valence-corrected chi connectivity index (χ4v) is 3.85. The molecule has 0 spiro atoms. The molecule has 0 atom stereocenters. The molecule has 7 nitrogen and oxygen atoms in total. The second-order valence-electron chi connectivity index (χ2n) is 6.10. The van der Waals surface area contributed by atoms with Gasteiger partial charge in [0.2, 0.25) is 0 Å².